The van der Waals surface area contributed by atoms with E-state index in [1.807, 2.05) is 4.93 Å². The van der Waals surface area contributed by atoms with E-state index in [-0.39, 0.29) is 14.8 Å². The van der Waals surface area contributed by atoms with Gasteiger partial charge in [0, 0.05) is 0 Å². The molecular formula is C6H8AlN. The molecule has 0 rings (SSSR count). The summed E-state index contributed by atoms with van der Waals surface area (Å²) in [6.07, 6.45) is 3.28. The summed E-state index contributed by atoms with van der Waals surface area (Å²) in [5.74, 6) is 0. The number of hydrogen-bond acceptors (Lipinski definition) is 1. The van der Waals surface area contributed by atoms with E-state index in [4.69, 9.17) is 5.26 Å². The molecule has 40 valence electrons. The first-order chi connectivity index (χ1) is 3.83. The Hall–Kier alpha value is -0.628. The summed E-state index contributed by atoms with van der Waals surface area (Å²) in [6, 6.07) is 0. The zero-order valence-corrected chi connectivity index (χ0v) is 5.96. The molecule has 0 radical (unpaired) electrons. The Morgan fingerprint density at radius 2 is 1.62 bits per heavy atom. The molecule has 0 unspecified atom stereocenters. The van der Waals surface area contributed by atoms with Crippen LogP contribution in [0.25, 0.3) is 0 Å². The molecular weight excluding hydrogens is 113 g/mol. The molecule has 0 saturated heterocycles. The van der Waals surface area contributed by atoms with Crippen molar-refractivity contribution in [1.29, 1.82) is 5.26 Å². The number of allylic oxidation sites excluding steroid dienone is 2. The summed E-state index contributed by atoms with van der Waals surface area (Å²) in [5, 5.41) is 10.9. The molecule has 8 heavy (non-hydrogen) atoms. The van der Waals surface area contributed by atoms with Crippen LogP contribution in [0.2, 0.25) is 0 Å². The topological polar surface area (TPSA) is 23.8 Å². The van der Waals surface area contributed by atoms with E-state index in [9.17, 15) is 0 Å². The summed E-state index contributed by atoms with van der Waals surface area (Å²) >= 11 is -0.162. The van der Waals surface area contributed by atoms with Gasteiger partial charge in [0.1, 0.15) is 0 Å². The quantitative estimate of drug-likeness (QED) is 0.374. The van der Waals surface area contributed by atoms with Crippen molar-refractivity contribution >= 4 is 20.2 Å². The fourth-order valence-corrected chi connectivity index (χ4v) is 0. The molecule has 0 saturated carbocycles. The van der Waals surface area contributed by atoms with E-state index in [0.717, 1.165) is 0 Å². The Labute approximate surface area is 56.2 Å². The Bertz CT molecular complexity index is 104. The van der Waals surface area contributed by atoms with Crippen molar-refractivity contribution in [3.63, 3.8) is 0 Å². The van der Waals surface area contributed by atoms with Crippen molar-refractivity contribution in [1.82, 2.24) is 0 Å². The second kappa shape index (κ2) is 16.2. The van der Waals surface area contributed by atoms with Gasteiger partial charge in [0.05, 0.1) is 0 Å². The Balaban J connectivity index is 0. The predicted octanol–water partition coefficient (Wildman–Crippen LogP) is 0.962. The van der Waals surface area contributed by atoms with Crippen LogP contribution in [-0.2, 0) is 0 Å². The van der Waals surface area contributed by atoms with E-state index in [1.54, 1.807) is 12.2 Å². The molecule has 0 amide bonds. The molecule has 0 aliphatic heterocycles. The molecule has 2 heteroatoms. The SMILES string of the molecule is C=CC=C.[CH2]=[Al][C]#N. The fourth-order valence-electron chi connectivity index (χ4n) is 0. The number of hydrogen-bond donors (Lipinski definition) is 0. The monoisotopic (exact) mass is 121 g/mol. The van der Waals surface area contributed by atoms with Crippen LogP contribution in [0.1, 0.15) is 0 Å². The van der Waals surface area contributed by atoms with Gasteiger partial charge >= 0.3 is 30.4 Å². The molecule has 0 heterocycles. The van der Waals surface area contributed by atoms with Gasteiger partial charge in [-0.2, -0.15) is 0 Å². The molecule has 0 bridgehead atoms. The summed E-state index contributed by atoms with van der Waals surface area (Å²) in [7, 11) is 0. The van der Waals surface area contributed by atoms with Crippen LogP contribution in [0.4, 0.5) is 0 Å². The van der Waals surface area contributed by atoms with Gasteiger partial charge in [0.2, 0.25) is 0 Å². The average molecular weight is 121 g/mol. The second-order valence-corrected chi connectivity index (χ2v) is 1.47. The molecule has 0 aromatic carbocycles. The normalized spacial score (nSPS) is 3.88. The molecule has 0 aromatic rings. The molecule has 0 atom stereocenters. The van der Waals surface area contributed by atoms with Crippen LogP contribution >= 0.6 is 0 Å². The summed E-state index contributed by atoms with van der Waals surface area (Å²) in [4.78, 5) is 1.90. The number of nitrogens with zero attached hydrogens (tertiary/aromatic N) is 1. The first-order valence-corrected chi connectivity index (χ1v) is 3.46. The maximum absolute atomic E-state index is 7.60. The van der Waals surface area contributed by atoms with Crippen molar-refractivity contribution in [2.75, 3.05) is 0 Å². The van der Waals surface area contributed by atoms with Gasteiger partial charge < -0.3 is 0 Å². The van der Waals surface area contributed by atoms with E-state index in [0.29, 0.717) is 0 Å². The molecule has 0 aromatic heterocycles. The van der Waals surface area contributed by atoms with Crippen LogP contribution in [0.3, 0.4) is 0 Å². The standard InChI is InChI=1S/C4H6.CN.CH2.Al/c1-3-4-2;1-2;;/h3-4H,1-2H2;;1H2;. The van der Waals surface area contributed by atoms with E-state index >= 15 is 0 Å². The van der Waals surface area contributed by atoms with Crippen LogP contribution in [0.5, 0.6) is 0 Å². The summed E-state index contributed by atoms with van der Waals surface area (Å²) < 4.78 is 0. The van der Waals surface area contributed by atoms with Crippen molar-refractivity contribution in [2.45, 2.75) is 0 Å². The van der Waals surface area contributed by atoms with E-state index < -0.39 is 0 Å². The van der Waals surface area contributed by atoms with Crippen molar-refractivity contribution in [3.05, 3.63) is 25.3 Å². The van der Waals surface area contributed by atoms with Crippen molar-refractivity contribution in [2.24, 2.45) is 0 Å². The first-order valence-electron chi connectivity index (χ1n) is 2.07. The Morgan fingerprint density at radius 3 is 1.62 bits per heavy atom. The van der Waals surface area contributed by atoms with Crippen molar-refractivity contribution < 1.29 is 0 Å². The Kier molecular flexibility index (Phi) is 21.0. The second-order valence-electron chi connectivity index (χ2n) is 0.805. The van der Waals surface area contributed by atoms with Gasteiger partial charge in [-0.1, -0.05) is 25.3 Å². The van der Waals surface area contributed by atoms with Crippen LogP contribution in [0.15, 0.2) is 25.3 Å². The number of rotatable bonds is 1. The zero-order chi connectivity index (χ0) is 6.83. The minimum atomic E-state index is -0.162. The third kappa shape index (κ3) is 54.5. The number of nitriles is 1. The third-order valence-electron chi connectivity index (χ3n) is 0.258. The van der Waals surface area contributed by atoms with Gasteiger partial charge in [0.25, 0.3) is 0 Å². The molecule has 0 aliphatic carbocycles. The van der Waals surface area contributed by atoms with Crippen LogP contribution in [-0.4, -0.2) is 20.2 Å². The summed E-state index contributed by atoms with van der Waals surface area (Å²) in [5.41, 5.74) is 0. The minimum absolute atomic E-state index is 0.162. The molecule has 1 nitrogen and oxygen atoms in total. The molecule has 0 fully saturated rings. The van der Waals surface area contributed by atoms with E-state index in [1.165, 1.54) is 0 Å². The molecule has 0 spiro atoms. The Morgan fingerprint density at radius 1 is 1.38 bits per heavy atom. The molecule has 0 aliphatic rings. The predicted molar refractivity (Wildman–Crippen MR) is 38.9 cm³/mol. The third-order valence-corrected chi connectivity index (χ3v) is 0.441. The van der Waals surface area contributed by atoms with Gasteiger partial charge in [-0.05, 0) is 0 Å². The van der Waals surface area contributed by atoms with Gasteiger partial charge in [-0.25, -0.2) is 0 Å². The summed E-state index contributed by atoms with van der Waals surface area (Å²) in [6.45, 7) is 6.72. The maximum atomic E-state index is 7.60. The van der Waals surface area contributed by atoms with Gasteiger partial charge in [-0.3, -0.25) is 0 Å². The van der Waals surface area contributed by atoms with Crippen LogP contribution < -0.4 is 0 Å². The first kappa shape index (κ1) is 10.4. The van der Waals surface area contributed by atoms with Gasteiger partial charge in [0.15, 0.2) is 0 Å². The molecule has 0 N–H and O–H groups in total. The van der Waals surface area contributed by atoms with Gasteiger partial charge in [-0.15, -0.1) is 0 Å². The van der Waals surface area contributed by atoms with Crippen LogP contribution in [0, 0.1) is 10.2 Å². The fraction of sp³-hybridized carbons (Fsp3) is 0. The van der Waals surface area contributed by atoms with E-state index in [2.05, 4.69) is 18.5 Å². The average Bonchev–Trinajstić information content (AvgIpc) is 1.88. The van der Waals surface area contributed by atoms with Crippen molar-refractivity contribution in [3.8, 4) is 4.93 Å². The zero-order valence-electron chi connectivity index (χ0n) is 4.80.